The van der Waals surface area contributed by atoms with Crippen LogP contribution in [0, 0.1) is 0 Å². The van der Waals surface area contributed by atoms with Gasteiger partial charge in [0.15, 0.2) is 12.4 Å². The van der Waals surface area contributed by atoms with Gasteiger partial charge in [0.1, 0.15) is 6.61 Å². The lowest BCUT2D eigenvalue weighted by Crippen LogP contribution is -2.38. The van der Waals surface area contributed by atoms with Gasteiger partial charge in [0.05, 0.1) is 18.9 Å². The Hall–Kier alpha value is -1.82. The zero-order valence-corrected chi connectivity index (χ0v) is 7.46. The summed E-state index contributed by atoms with van der Waals surface area (Å²) in [5, 5.41) is 0. The second-order valence-corrected chi connectivity index (χ2v) is 2.80. The van der Waals surface area contributed by atoms with Crippen LogP contribution < -0.4 is 10.6 Å². The average molecular weight is 194 g/mol. The van der Waals surface area contributed by atoms with Crippen LogP contribution in [0.4, 0.5) is 4.79 Å². The summed E-state index contributed by atoms with van der Waals surface area (Å²) in [6, 6.07) is 0.0267. The number of nitrogens with two attached hydrogens (primary N) is 1. The SMILES string of the molecule is NC(=O)N1C=C[N+]2C=CN=C2OCC1. The first kappa shape index (κ1) is 8.76. The van der Waals surface area contributed by atoms with E-state index in [9.17, 15) is 4.79 Å². The van der Waals surface area contributed by atoms with Crippen LogP contribution in [-0.4, -0.2) is 30.1 Å². The highest BCUT2D eigenvalue weighted by Gasteiger charge is 2.27. The Labute approximate surface area is 80.9 Å². The first-order valence-corrected chi connectivity index (χ1v) is 4.17. The van der Waals surface area contributed by atoms with Crippen molar-refractivity contribution in [3.63, 3.8) is 0 Å². The van der Waals surface area contributed by atoms with E-state index in [2.05, 4.69) is 4.99 Å². The number of amidine groups is 1. The molecule has 2 aliphatic heterocycles. The average Bonchev–Trinajstić information content (AvgIpc) is 2.51. The number of hydrogen-bond acceptors (Lipinski definition) is 4. The molecule has 0 aromatic heterocycles. The molecule has 0 bridgehead atoms. The van der Waals surface area contributed by atoms with Gasteiger partial charge in [-0.15, -0.1) is 0 Å². The summed E-state index contributed by atoms with van der Waals surface area (Å²) in [4.78, 5) is 17.9. The van der Waals surface area contributed by atoms with Gasteiger partial charge in [-0.2, -0.15) is 4.99 Å². The van der Waals surface area contributed by atoms with E-state index in [4.69, 9.17) is 10.5 Å². The Morgan fingerprint density at radius 3 is 3.29 bits per heavy atom. The third-order valence-electron chi connectivity index (χ3n) is 1.89. The molecule has 6 heteroatoms. The van der Waals surface area contributed by atoms with Gasteiger partial charge in [-0.05, 0) is 4.90 Å². The molecule has 0 aromatic rings. The van der Waals surface area contributed by atoms with E-state index in [0.29, 0.717) is 19.2 Å². The van der Waals surface area contributed by atoms with Crippen LogP contribution in [0.15, 0.2) is 29.8 Å². The standard InChI is InChI=1S/C8H10N4O2/c9-7(13)11-3-4-12-2-1-10-8(12)14-6-5-11/h1-4H,5-6H2,(H2,9,13)/q+1. The minimum Gasteiger partial charge on any atom is -0.430 e. The Morgan fingerprint density at radius 2 is 2.50 bits per heavy atom. The number of rotatable bonds is 0. The largest absolute Gasteiger partial charge is 0.460 e. The predicted octanol–water partition coefficient (Wildman–Crippen LogP) is -0.151. The number of carbonyl (C=O) groups excluding carboxylic acids is 1. The lowest BCUT2D eigenvalue weighted by atomic mass is 10.5. The number of hydrogen-bond donors (Lipinski definition) is 1. The highest BCUT2D eigenvalue weighted by Crippen LogP contribution is 2.05. The normalized spacial score (nSPS) is 20.9. The topological polar surface area (TPSA) is 73.8 Å². The third-order valence-corrected chi connectivity index (χ3v) is 1.89. The molecule has 0 unspecified atom stereocenters. The van der Waals surface area contributed by atoms with Gasteiger partial charge >= 0.3 is 12.1 Å². The zero-order valence-electron chi connectivity index (χ0n) is 7.46. The molecule has 0 aromatic carbocycles. The van der Waals surface area contributed by atoms with Crippen molar-refractivity contribution in [3.05, 3.63) is 24.8 Å². The van der Waals surface area contributed by atoms with Crippen molar-refractivity contribution in [2.45, 2.75) is 0 Å². The Balaban J connectivity index is 2.14. The fourth-order valence-corrected chi connectivity index (χ4v) is 1.17. The molecule has 0 saturated carbocycles. The van der Waals surface area contributed by atoms with Gasteiger partial charge in [0.2, 0.25) is 0 Å². The summed E-state index contributed by atoms with van der Waals surface area (Å²) in [7, 11) is 0. The van der Waals surface area contributed by atoms with Gasteiger partial charge < -0.3 is 10.5 Å². The van der Waals surface area contributed by atoms with Crippen LogP contribution in [0.25, 0.3) is 0 Å². The Bertz CT molecular complexity index is 334. The number of carbonyl (C=O) groups is 1. The van der Waals surface area contributed by atoms with E-state index in [1.807, 2.05) is 0 Å². The van der Waals surface area contributed by atoms with Crippen molar-refractivity contribution in [2.75, 3.05) is 13.2 Å². The summed E-state index contributed by atoms with van der Waals surface area (Å²) >= 11 is 0. The van der Waals surface area contributed by atoms with E-state index < -0.39 is 6.03 Å². The molecule has 0 saturated heterocycles. The van der Waals surface area contributed by atoms with Crippen LogP contribution >= 0.6 is 0 Å². The fraction of sp³-hybridized carbons (Fsp3) is 0.250. The third kappa shape index (κ3) is 1.60. The number of primary amides is 1. The van der Waals surface area contributed by atoms with E-state index in [1.165, 1.54) is 4.90 Å². The molecule has 0 fully saturated rings. The highest BCUT2D eigenvalue weighted by molar-refractivity contribution is 5.82. The van der Waals surface area contributed by atoms with E-state index in [0.717, 1.165) is 0 Å². The molecule has 2 N–H and O–H groups in total. The van der Waals surface area contributed by atoms with Gasteiger partial charge in [-0.25, -0.2) is 4.79 Å². The van der Waals surface area contributed by atoms with E-state index in [1.54, 1.807) is 29.7 Å². The minimum atomic E-state index is -0.492. The van der Waals surface area contributed by atoms with Crippen molar-refractivity contribution in [3.8, 4) is 0 Å². The van der Waals surface area contributed by atoms with Gasteiger partial charge in [-0.1, -0.05) is 0 Å². The van der Waals surface area contributed by atoms with Crippen LogP contribution in [0.1, 0.15) is 0 Å². The maximum atomic E-state index is 10.9. The number of aliphatic imine (C=N–C) groups is 1. The van der Waals surface area contributed by atoms with Crippen molar-refractivity contribution in [1.29, 1.82) is 0 Å². The smallest absolute Gasteiger partial charge is 0.430 e. The molecular weight excluding hydrogens is 184 g/mol. The first-order valence-electron chi connectivity index (χ1n) is 4.17. The summed E-state index contributed by atoms with van der Waals surface area (Å²) in [5.41, 5.74) is 5.14. The summed E-state index contributed by atoms with van der Waals surface area (Å²) < 4.78 is 5.30. The summed E-state index contributed by atoms with van der Waals surface area (Å²) in [6.07, 6.45) is 6.64. The number of fused-ring (bicyclic) bond motifs is 1. The quantitative estimate of drug-likeness (QED) is 0.544. The highest BCUT2D eigenvalue weighted by atomic mass is 16.5. The predicted molar refractivity (Wildman–Crippen MR) is 50.1 cm³/mol. The van der Waals surface area contributed by atoms with Crippen molar-refractivity contribution in [2.24, 2.45) is 10.7 Å². The molecular formula is C8H10N4O2+. The van der Waals surface area contributed by atoms with Gasteiger partial charge in [0, 0.05) is 0 Å². The molecule has 2 amide bonds. The van der Waals surface area contributed by atoms with Crippen LogP contribution in [0.3, 0.4) is 0 Å². The molecule has 1 radical (unpaired) electrons. The maximum absolute atomic E-state index is 10.9. The molecule has 14 heavy (non-hydrogen) atoms. The van der Waals surface area contributed by atoms with E-state index in [-0.39, 0.29) is 0 Å². The summed E-state index contributed by atoms with van der Waals surface area (Å²) in [6.45, 7) is 0.809. The van der Waals surface area contributed by atoms with Gasteiger partial charge in [0.25, 0.3) is 0 Å². The van der Waals surface area contributed by atoms with E-state index >= 15 is 0 Å². The van der Waals surface area contributed by atoms with Crippen molar-refractivity contribution >= 4 is 12.1 Å². The minimum absolute atomic E-state index is 0.379. The molecule has 2 heterocycles. The second-order valence-electron chi connectivity index (χ2n) is 2.80. The maximum Gasteiger partial charge on any atom is 0.460 e. The number of nitrogens with zero attached hydrogens (tertiary/aromatic N) is 3. The van der Waals surface area contributed by atoms with Crippen LogP contribution in [-0.2, 0) is 4.74 Å². The van der Waals surface area contributed by atoms with Crippen molar-refractivity contribution < 1.29 is 9.53 Å². The first-order chi connectivity index (χ1) is 6.77. The molecule has 0 spiro atoms. The number of ether oxygens (including phenoxy) is 1. The zero-order chi connectivity index (χ0) is 9.97. The van der Waals surface area contributed by atoms with Gasteiger partial charge in [-0.3, -0.25) is 4.90 Å². The van der Waals surface area contributed by atoms with Crippen molar-refractivity contribution in [1.82, 2.24) is 9.80 Å². The monoisotopic (exact) mass is 194 g/mol. The molecule has 2 aliphatic rings. The second kappa shape index (κ2) is 3.51. The molecule has 0 aliphatic carbocycles. The number of urea groups is 1. The molecule has 73 valence electrons. The molecule has 2 rings (SSSR count). The number of amides is 2. The lowest BCUT2D eigenvalue weighted by molar-refractivity contribution is 0.203. The Kier molecular flexibility index (Phi) is 2.19. The van der Waals surface area contributed by atoms with Crippen LogP contribution in [0.2, 0.25) is 0 Å². The molecule has 0 atom stereocenters. The summed E-state index contributed by atoms with van der Waals surface area (Å²) in [5.74, 6) is 0. The fourth-order valence-electron chi connectivity index (χ4n) is 1.17. The lowest BCUT2D eigenvalue weighted by Gasteiger charge is -2.16. The molecule has 6 nitrogen and oxygen atoms in total. The van der Waals surface area contributed by atoms with Crippen LogP contribution in [0.5, 0.6) is 0 Å². The Morgan fingerprint density at radius 1 is 1.64 bits per heavy atom.